The van der Waals surface area contributed by atoms with Crippen LogP contribution >= 0.6 is 11.3 Å². The lowest BCUT2D eigenvalue weighted by Crippen LogP contribution is -1.97. The highest BCUT2D eigenvalue weighted by atomic mass is 32.1. The number of hydrogen-bond donors (Lipinski definition) is 1. The quantitative estimate of drug-likeness (QED) is 0.888. The van der Waals surface area contributed by atoms with Crippen LogP contribution < -0.4 is 0 Å². The highest BCUT2D eigenvalue weighted by molar-refractivity contribution is 7.17. The van der Waals surface area contributed by atoms with Gasteiger partial charge in [0.1, 0.15) is 16.1 Å². The SMILES string of the molecule is O=C(O)c1sc(-c2ccoc2)nc1C1CC1. The Morgan fingerprint density at radius 2 is 2.38 bits per heavy atom. The van der Waals surface area contributed by atoms with Gasteiger partial charge in [0.05, 0.1) is 12.0 Å². The van der Waals surface area contributed by atoms with Crippen molar-refractivity contribution in [2.75, 3.05) is 0 Å². The van der Waals surface area contributed by atoms with E-state index in [0.717, 1.165) is 29.1 Å². The van der Waals surface area contributed by atoms with E-state index in [1.165, 1.54) is 11.3 Å². The number of furan rings is 1. The summed E-state index contributed by atoms with van der Waals surface area (Å²) in [6, 6.07) is 1.79. The van der Waals surface area contributed by atoms with Crippen LogP contribution in [0.2, 0.25) is 0 Å². The zero-order chi connectivity index (χ0) is 11.1. The third-order valence-corrected chi connectivity index (χ3v) is 3.69. The summed E-state index contributed by atoms with van der Waals surface area (Å²) in [5, 5.41) is 9.83. The molecule has 4 nitrogen and oxygen atoms in total. The Hall–Kier alpha value is -1.62. The van der Waals surface area contributed by atoms with Crippen LogP contribution in [-0.2, 0) is 0 Å². The molecule has 0 spiro atoms. The minimum Gasteiger partial charge on any atom is -0.477 e. The predicted octanol–water partition coefficient (Wildman–Crippen LogP) is 2.98. The van der Waals surface area contributed by atoms with Crippen LogP contribution in [0.4, 0.5) is 0 Å². The maximum atomic E-state index is 11.1. The molecule has 3 rings (SSSR count). The second-order valence-electron chi connectivity index (χ2n) is 3.82. The third kappa shape index (κ3) is 1.53. The van der Waals surface area contributed by atoms with E-state index >= 15 is 0 Å². The Labute approximate surface area is 95.6 Å². The van der Waals surface area contributed by atoms with Gasteiger partial charge in [-0.25, -0.2) is 9.78 Å². The molecule has 1 fully saturated rings. The first-order valence-corrected chi connectivity index (χ1v) is 5.84. The lowest BCUT2D eigenvalue weighted by molar-refractivity contribution is 0.0700. The van der Waals surface area contributed by atoms with E-state index in [2.05, 4.69) is 4.98 Å². The number of hydrogen-bond acceptors (Lipinski definition) is 4. The zero-order valence-electron chi connectivity index (χ0n) is 8.34. The van der Waals surface area contributed by atoms with Crippen LogP contribution in [0, 0.1) is 0 Å². The van der Waals surface area contributed by atoms with E-state index in [-0.39, 0.29) is 0 Å². The van der Waals surface area contributed by atoms with Crippen molar-refractivity contribution in [3.8, 4) is 10.6 Å². The molecule has 1 aliphatic rings. The third-order valence-electron chi connectivity index (χ3n) is 2.58. The first-order chi connectivity index (χ1) is 7.75. The molecule has 0 atom stereocenters. The van der Waals surface area contributed by atoms with E-state index in [1.807, 2.05) is 0 Å². The fourth-order valence-electron chi connectivity index (χ4n) is 1.63. The topological polar surface area (TPSA) is 63.3 Å². The molecule has 1 N–H and O–H groups in total. The molecule has 1 aliphatic carbocycles. The molecule has 0 amide bonds. The maximum Gasteiger partial charge on any atom is 0.347 e. The van der Waals surface area contributed by atoms with Crippen LogP contribution in [-0.4, -0.2) is 16.1 Å². The molecule has 0 radical (unpaired) electrons. The zero-order valence-corrected chi connectivity index (χ0v) is 9.16. The lowest BCUT2D eigenvalue weighted by atomic mass is 10.2. The predicted molar refractivity (Wildman–Crippen MR) is 58.8 cm³/mol. The second-order valence-corrected chi connectivity index (χ2v) is 4.82. The van der Waals surface area contributed by atoms with Gasteiger partial charge in [-0.1, -0.05) is 0 Å². The monoisotopic (exact) mass is 235 g/mol. The van der Waals surface area contributed by atoms with Gasteiger partial charge in [0, 0.05) is 11.5 Å². The van der Waals surface area contributed by atoms with Gasteiger partial charge in [-0.15, -0.1) is 11.3 Å². The van der Waals surface area contributed by atoms with Crippen molar-refractivity contribution >= 4 is 17.3 Å². The molecular formula is C11H9NO3S. The van der Waals surface area contributed by atoms with Crippen molar-refractivity contribution in [2.24, 2.45) is 0 Å². The van der Waals surface area contributed by atoms with Gasteiger partial charge in [0.15, 0.2) is 0 Å². The Morgan fingerprint density at radius 3 is 2.94 bits per heavy atom. The summed E-state index contributed by atoms with van der Waals surface area (Å²) < 4.78 is 4.97. The minimum absolute atomic E-state index is 0.350. The molecule has 5 heteroatoms. The molecule has 0 aromatic carbocycles. The van der Waals surface area contributed by atoms with Crippen LogP contribution in [0.5, 0.6) is 0 Å². The number of carbonyl (C=O) groups is 1. The maximum absolute atomic E-state index is 11.1. The Bertz CT molecular complexity index is 525. The van der Waals surface area contributed by atoms with Crippen molar-refractivity contribution < 1.29 is 14.3 Å². The second kappa shape index (κ2) is 3.45. The normalized spacial score (nSPS) is 15.2. The fraction of sp³-hybridized carbons (Fsp3) is 0.273. The summed E-state index contributed by atoms with van der Waals surface area (Å²) in [5.41, 5.74) is 1.59. The average Bonchev–Trinajstić information content (AvgIpc) is 2.83. The van der Waals surface area contributed by atoms with Gasteiger partial charge in [-0.3, -0.25) is 0 Å². The van der Waals surface area contributed by atoms with Crippen molar-refractivity contribution in [2.45, 2.75) is 18.8 Å². The van der Waals surface area contributed by atoms with E-state index in [1.54, 1.807) is 18.6 Å². The van der Waals surface area contributed by atoms with Gasteiger partial charge in [-0.2, -0.15) is 0 Å². The summed E-state index contributed by atoms with van der Waals surface area (Å²) in [7, 11) is 0. The van der Waals surface area contributed by atoms with Gasteiger partial charge in [-0.05, 0) is 18.9 Å². The summed E-state index contributed by atoms with van der Waals surface area (Å²) >= 11 is 1.22. The highest BCUT2D eigenvalue weighted by Crippen LogP contribution is 2.44. The van der Waals surface area contributed by atoms with Gasteiger partial charge < -0.3 is 9.52 Å². The Kier molecular flexibility index (Phi) is 2.07. The van der Waals surface area contributed by atoms with Crippen LogP contribution in [0.15, 0.2) is 23.0 Å². The number of nitrogens with zero attached hydrogens (tertiary/aromatic N) is 1. The Morgan fingerprint density at radius 1 is 1.56 bits per heavy atom. The van der Waals surface area contributed by atoms with Crippen molar-refractivity contribution in [1.29, 1.82) is 0 Å². The van der Waals surface area contributed by atoms with E-state index < -0.39 is 5.97 Å². The lowest BCUT2D eigenvalue weighted by Gasteiger charge is -1.91. The Balaban J connectivity index is 2.08. The molecule has 2 heterocycles. The van der Waals surface area contributed by atoms with Crippen molar-refractivity contribution in [1.82, 2.24) is 4.98 Å². The van der Waals surface area contributed by atoms with Crippen molar-refractivity contribution in [3.05, 3.63) is 29.2 Å². The minimum atomic E-state index is -0.880. The van der Waals surface area contributed by atoms with E-state index in [0.29, 0.717) is 10.8 Å². The van der Waals surface area contributed by atoms with Crippen LogP contribution in [0.25, 0.3) is 10.6 Å². The summed E-state index contributed by atoms with van der Waals surface area (Å²) in [6.07, 6.45) is 5.25. The fourth-order valence-corrected chi connectivity index (χ4v) is 2.60. The molecule has 16 heavy (non-hydrogen) atoms. The highest BCUT2D eigenvalue weighted by Gasteiger charge is 2.32. The summed E-state index contributed by atoms with van der Waals surface area (Å²) in [6.45, 7) is 0. The largest absolute Gasteiger partial charge is 0.477 e. The molecule has 0 saturated heterocycles. The number of rotatable bonds is 3. The number of aromatic nitrogens is 1. The molecule has 0 bridgehead atoms. The molecular weight excluding hydrogens is 226 g/mol. The molecule has 1 saturated carbocycles. The van der Waals surface area contributed by atoms with E-state index in [4.69, 9.17) is 9.52 Å². The van der Waals surface area contributed by atoms with Gasteiger partial charge in [0.2, 0.25) is 0 Å². The smallest absolute Gasteiger partial charge is 0.347 e. The first-order valence-electron chi connectivity index (χ1n) is 5.02. The van der Waals surface area contributed by atoms with E-state index in [9.17, 15) is 4.79 Å². The molecule has 2 aromatic rings. The number of aromatic carboxylic acids is 1. The molecule has 0 aliphatic heterocycles. The van der Waals surface area contributed by atoms with Gasteiger partial charge >= 0.3 is 5.97 Å². The number of thiazole rings is 1. The molecule has 82 valence electrons. The summed E-state index contributed by atoms with van der Waals surface area (Å²) in [4.78, 5) is 15.9. The summed E-state index contributed by atoms with van der Waals surface area (Å²) in [5.74, 6) is -0.530. The van der Waals surface area contributed by atoms with Gasteiger partial charge in [0.25, 0.3) is 0 Å². The molecule has 0 unspecified atom stereocenters. The van der Waals surface area contributed by atoms with Crippen molar-refractivity contribution in [3.63, 3.8) is 0 Å². The van der Waals surface area contributed by atoms with Crippen LogP contribution in [0.1, 0.15) is 34.1 Å². The first kappa shape index (κ1) is 9.59. The average molecular weight is 235 g/mol. The number of carboxylic acids is 1. The standard InChI is InChI=1S/C11H9NO3S/c13-11(14)9-8(6-1-2-6)12-10(16-9)7-3-4-15-5-7/h3-6H,1-2H2,(H,13,14). The molecule has 2 aromatic heterocycles. The number of carboxylic acid groups (broad SMARTS) is 1. The van der Waals surface area contributed by atoms with Crippen LogP contribution in [0.3, 0.4) is 0 Å².